The van der Waals surface area contributed by atoms with Crippen LogP contribution in [0.3, 0.4) is 0 Å². The molecular formula is C28H29F2N5O3S. The molecule has 0 bridgehead atoms. The number of halogens is 2. The van der Waals surface area contributed by atoms with Gasteiger partial charge in [-0.25, -0.2) is 18.7 Å². The highest BCUT2D eigenvalue weighted by atomic mass is 32.2. The van der Waals surface area contributed by atoms with Crippen LogP contribution in [-0.4, -0.2) is 38.7 Å². The Bertz CT molecular complexity index is 1710. The van der Waals surface area contributed by atoms with Gasteiger partial charge in [-0.15, -0.1) is 0 Å². The number of nitrogens with one attached hydrogen (secondary N) is 1. The predicted octanol–water partition coefficient (Wildman–Crippen LogP) is 6.17. The zero-order valence-corrected chi connectivity index (χ0v) is 22.7. The number of anilines is 1. The molecule has 0 atom stereocenters. The molecule has 2 heterocycles. The average molecular weight is 554 g/mol. The summed E-state index contributed by atoms with van der Waals surface area (Å²) in [6, 6.07) is 19.2. The number of nitrogens with zero attached hydrogens (tertiary/aromatic N) is 3. The molecule has 0 fully saturated rings. The molecule has 39 heavy (non-hydrogen) atoms. The minimum atomic E-state index is -3.67. The predicted molar refractivity (Wildman–Crippen MR) is 149 cm³/mol. The zero-order valence-electron chi connectivity index (χ0n) is 21.9. The van der Waals surface area contributed by atoms with E-state index in [4.69, 9.17) is 10.3 Å². The summed E-state index contributed by atoms with van der Waals surface area (Å²) < 4.78 is 57.0. The molecule has 5 aromatic rings. The van der Waals surface area contributed by atoms with Crippen LogP contribution in [0.1, 0.15) is 20.8 Å². The maximum atomic E-state index is 14.6. The van der Waals surface area contributed by atoms with Crippen molar-refractivity contribution in [1.82, 2.24) is 19.5 Å². The number of benzene rings is 3. The molecule has 0 aliphatic carbocycles. The first-order valence-electron chi connectivity index (χ1n) is 12.0. The average Bonchev–Trinajstić information content (AvgIpc) is 3.39. The van der Waals surface area contributed by atoms with E-state index < -0.39 is 21.8 Å². The minimum absolute atomic E-state index is 0.00514. The van der Waals surface area contributed by atoms with E-state index in [1.807, 2.05) is 53.1 Å². The molecule has 0 radical (unpaired) electrons. The number of aromatic amines is 1. The third kappa shape index (κ3) is 6.68. The summed E-state index contributed by atoms with van der Waals surface area (Å²) in [5.74, 6) is -0.772. The summed E-state index contributed by atoms with van der Waals surface area (Å²) in [5.41, 5.74) is 10.6. The number of hydrogen-bond acceptors (Lipinski definition) is 5. The number of hydrogen-bond donors (Lipinski definition) is 3. The monoisotopic (exact) mass is 553 g/mol. The van der Waals surface area contributed by atoms with E-state index in [2.05, 4.69) is 35.7 Å². The van der Waals surface area contributed by atoms with E-state index in [-0.39, 0.29) is 16.8 Å². The molecule has 0 unspecified atom stereocenters. The molecule has 5 rings (SSSR count). The van der Waals surface area contributed by atoms with Crippen molar-refractivity contribution in [2.75, 3.05) is 12.0 Å². The first kappa shape index (κ1) is 27.9. The summed E-state index contributed by atoms with van der Waals surface area (Å²) in [5, 5.41) is 0. The lowest BCUT2D eigenvalue weighted by molar-refractivity contribution is 0.351. The molecule has 11 heteroatoms. The Kier molecular flexibility index (Phi) is 7.58. The van der Waals surface area contributed by atoms with Gasteiger partial charge in [-0.1, -0.05) is 63.2 Å². The second kappa shape index (κ2) is 10.6. The Hall–Kier alpha value is -4.09. The van der Waals surface area contributed by atoms with Crippen molar-refractivity contribution in [2.45, 2.75) is 27.3 Å². The third-order valence-electron chi connectivity index (χ3n) is 5.65. The maximum Gasteiger partial charge on any atom is 0.261 e. The Labute approximate surface area is 225 Å². The maximum absolute atomic E-state index is 14.6. The lowest BCUT2D eigenvalue weighted by atomic mass is 9.96. The van der Waals surface area contributed by atoms with E-state index >= 15 is 0 Å². The van der Waals surface area contributed by atoms with Gasteiger partial charge in [-0.05, 0) is 29.7 Å². The standard InChI is InChI=1S/C27H25F2N5.CH4O3S/c1-27(2,3)15-34-21-14-17(12-13-20(21)31-26(34)30)24-23(16-8-5-4-6-9-16)32-25(33-24)22-18(28)10-7-11-19(22)29;1-5(2,3)4/h4-14H,15H2,1-3H3,(H2,30,31)(H,32,33);1H3,(H,2,3,4). The zero-order chi connectivity index (χ0) is 28.5. The van der Waals surface area contributed by atoms with Gasteiger partial charge in [0.1, 0.15) is 17.5 Å². The number of H-pyrrole nitrogens is 1. The number of nitrogen functional groups attached to an aromatic ring is 1. The number of fused-ring (bicyclic) bond motifs is 1. The van der Waals surface area contributed by atoms with Crippen LogP contribution in [0, 0.1) is 17.0 Å². The Morgan fingerprint density at radius 2 is 1.56 bits per heavy atom. The lowest BCUT2D eigenvalue weighted by Crippen LogP contribution is -2.17. The van der Waals surface area contributed by atoms with Crippen LogP contribution in [0.25, 0.3) is 44.9 Å². The molecule has 0 aliphatic rings. The van der Waals surface area contributed by atoms with Crippen LogP contribution in [0.4, 0.5) is 14.7 Å². The number of imidazole rings is 2. The van der Waals surface area contributed by atoms with Gasteiger partial charge < -0.3 is 15.3 Å². The van der Waals surface area contributed by atoms with Crippen molar-refractivity contribution < 1.29 is 21.8 Å². The SMILES string of the molecule is CC(C)(C)Cn1c(N)nc2ccc(-c3nc(-c4c(F)cccc4F)[nH]c3-c3ccccc3)cc21.CS(=O)(=O)O. The molecule has 3 aromatic carbocycles. The van der Waals surface area contributed by atoms with Crippen LogP contribution < -0.4 is 5.73 Å². The highest BCUT2D eigenvalue weighted by Gasteiger charge is 2.22. The van der Waals surface area contributed by atoms with Gasteiger partial charge in [0.15, 0.2) is 0 Å². The molecule has 0 amide bonds. The second-order valence-corrected chi connectivity index (χ2v) is 11.8. The van der Waals surface area contributed by atoms with E-state index in [1.165, 1.54) is 18.2 Å². The van der Waals surface area contributed by atoms with Crippen molar-refractivity contribution in [3.63, 3.8) is 0 Å². The summed E-state index contributed by atoms with van der Waals surface area (Å²) >= 11 is 0. The van der Waals surface area contributed by atoms with Gasteiger partial charge in [0.2, 0.25) is 5.95 Å². The molecular weight excluding hydrogens is 524 g/mol. The van der Waals surface area contributed by atoms with Gasteiger partial charge in [-0.3, -0.25) is 4.55 Å². The fourth-order valence-corrected chi connectivity index (χ4v) is 4.17. The molecule has 4 N–H and O–H groups in total. The first-order valence-corrected chi connectivity index (χ1v) is 13.8. The lowest BCUT2D eigenvalue weighted by Gasteiger charge is -2.20. The fraction of sp³-hybridized carbons (Fsp3) is 0.214. The van der Waals surface area contributed by atoms with Crippen molar-refractivity contribution in [1.29, 1.82) is 0 Å². The topological polar surface area (TPSA) is 127 Å². The van der Waals surface area contributed by atoms with Crippen molar-refractivity contribution >= 4 is 27.1 Å². The van der Waals surface area contributed by atoms with E-state index in [0.29, 0.717) is 30.1 Å². The smallest absolute Gasteiger partial charge is 0.261 e. The highest BCUT2D eigenvalue weighted by molar-refractivity contribution is 7.85. The van der Waals surface area contributed by atoms with Crippen molar-refractivity contribution in [3.05, 3.63) is 78.4 Å². The van der Waals surface area contributed by atoms with Crippen molar-refractivity contribution in [2.24, 2.45) is 5.41 Å². The molecule has 0 spiro atoms. The summed E-state index contributed by atoms with van der Waals surface area (Å²) in [4.78, 5) is 12.3. The molecule has 2 aromatic heterocycles. The van der Waals surface area contributed by atoms with Gasteiger partial charge >= 0.3 is 0 Å². The fourth-order valence-electron chi connectivity index (χ4n) is 4.17. The minimum Gasteiger partial charge on any atom is -0.369 e. The molecule has 8 nitrogen and oxygen atoms in total. The van der Waals surface area contributed by atoms with Gasteiger partial charge in [0.05, 0.1) is 34.2 Å². The Balaban J connectivity index is 0.000000648. The normalized spacial score (nSPS) is 11.9. The van der Waals surface area contributed by atoms with Crippen LogP contribution in [0.2, 0.25) is 0 Å². The summed E-state index contributed by atoms with van der Waals surface area (Å²) in [7, 11) is -3.67. The quantitative estimate of drug-likeness (QED) is 0.228. The van der Waals surface area contributed by atoms with E-state index in [1.54, 1.807) is 0 Å². The molecule has 0 saturated carbocycles. The van der Waals surface area contributed by atoms with Gasteiger partial charge in [0.25, 0.3) is 10.1 Å². The number of rotatable bonds is 4. The Morgan fingerprint density at radius 1 is 0.949 bits per heavy atom. The van der Waals surface area contributed by atoms with Crippen molar-refractivity contribution in [3.8, 4) is 33.9 Å². The van der Waals surface area contributed by atoms with Crippen LogP contribution in [-0.2, 0) is 16.7 Å². The number of nitrogens with two attached hydrogens (primary N) is 1. The van der Waals surface area contributed by atoms with E-state index in [0.717, 1.165) is 22.2 Å². The highest BCUT2D eigenvalue weighted by Crippen LogP contribution is 2.36. The first-order chi connectivity index (χ1) is 18.2. The summed E-state index contributed by atoms with van der Waals surface area (Å²) in [6.45, 7) is 7.10. The van der Waals surface area contributed by atoms with Gasteiger partial charge in [-0.2, -0.15) is 8.42 Å². The van der Waals surface area contributed by atoms with Crippen LogP contribution >= 0.6 is 0 Å². The molecule has 0 aliphatic heterocycles. The van der Waals surface area contributed by atoms with Crippen LogP contribution in [0.15, 0.2) is 66.7 Å². The van der Waals surface area contributed by atoms with Gasteiger partial charge in [0, 0.05) is 17.7 Å². The largest absolute Gasteiger partial charge is 0.369 e. The van der Waals surface area contributed by atoms with E-state index in [9.17, 15) is 17.2 Å². The molecule has 0 saturated heterocycles. The van der Waals surface area contributed by atoms with Crippen LogP contribution in [0.5, 0.6) is 0 Å². The molecule has 204 valence electrons. The third-order valence-corrected chi connectivity index (χ3v) is 5.65. The Morgan fingerprint density at radius 3 is 2.15 bits per heavy atom. The second-order valence-electron chi connectivity index (χ2n) is 10.3. The number of aromatic nitrogens is 4. The summed E-state index contributed by atoms with van der Waals surface area (Å²) in [6.07, 6.45) is 0.715.